The third-order valence-electron chi connectivity index (χ3n) is 4.81. The van der Waals surface area contributed by atoms with E-state index in [1.54, 1.807) is 36.4 Å². The Balaban J connectivity index is 1.85. The molecule has 0 radical (unpaired) electrons. The highest BCUT2D eigenvalue weighted by Gasteiger charge is 2.34. The number of pyridine rings is 1. The first-order chi connectivity index (χ1) is 14.9. The van der Waals surface area contributed by atoms with Crippen molar-refractivity contribution in [2.24, 2.45) is 0 Å². The van der Waals surface area contributed by atoms with Crippen LogP contribution in [-0.4, -0.2) is 10.9 Å². The van der Waals surface area contributed by atoms with Crippen LogP contribution >= 0.6 is 11.3 Å². The Morgan fingerprint density at radius 1 is 1.06 bits per heavy atom. The number of thiophene rings is 1. The number of carbonyl (C=O) groups excluding carboxylic acids is 1. The lowest BCUT2D eigenvalue weighted by Crippen LogP contribution is -2.23. The maximum Gasteiger partial charge on any atom is 0.418 e. The van der Waals surface area contributed by atoms with Crippen LogP contribution in [0.15, 0.2) is 72.6 Å². The molecule has 0 fully saturated rings. The van der Waals surface area contributed by atoms with Crippen LogP contribution in [-0.2, 0) is 12.7 Å². The molecule has 0 spiro atoms. The smallest absolute Gasteiger partial charge is 0.346 e. The van der Waals surface area contributed by atoms with E-state index in [9.17, 15) is 18.0 Å². The number of halogens is 3. The molecule has 1 N–H and O–H groups in total. The monoisotopic (exact) mass is 438 g/mol. The molecule has 0 saturated heterocycles. The van der Waals surface area contributed by atoms with E-state index in [0.717, 1.165) is 10.9 Å². The van der Waals surface area contributed by atoms with Gasteiger partial charge >= 0.3 is 6.18 Å². The lowest BCUT2D eigenvalue weighted by atomic mass is 9.96. The van der Waals surface area contributed by atoms with Crippen molar-refractivity contribution in [3.63, 3.8) is 0 Å². The molecule has 2 heterocycles. The average Bonchev–Trinajstić information content (AvgIpc) is 3.29. The van der Waals surface area contributed by atoms with Crippen molar-refractivity contribution < 1.29 is 18.0 Å². The van der Waals surface area contributed by atoms with Crippen LogP contribution in [0.3, 0.4) is 0 Å². The van der Waals surface area contributed by atoms with Crippen LogP contribution in [0.1, 0.15) is 26.5 Å². The van der Waals surface area contributed by atoms with Crippen LogP contribution in [0, 0.1) is 0 Å². The quantitative estimate of drug-likeness (QED) is 0.384. The summed E-state index contributed by atoms with van der Waals surface area (Å²) >= 11 is 1.48. The van der Waals surface area contributed by atoms with Crippen LogP contribution in [0.4, 0.5) is 13.2 Å². The predicted octanol–water partition coefficient (Wildman–Crippen LogP) is 6.56. The van der Waals surface area contributed by atoms with Crippen LogP contribution in [0.2, 0.25) is 0 Å². The van der Waals surface area contributed by atoms with Gasteiger partial charge < -0.3 is 5.32 Å². The zero-order valence-electron chi connectivity index (χ0n) is 16.2. The number of nitrogens with one attached hydrogen (secondary N) is 1. The van der Waals surface area contributed by atoms with Gasteiger partial charge in [0.2, 0.25) is 0 Å². The van der Waals surface area contributed by atoms with E-state index in [1.807, 2.05) is 17.5 Å². The van der Waals surface area contributed by atoms with E-state index in [2.05, 4.69) is 16.9 Å². The topological polar surface area (TPSA) is 42.0 Å². The molecule has 2 aromatic heterocycles. The molecule has 0 unspecified atom stereocenters. The van der Waals surface area contributed by atoms with Gasteiger partial charge in [-0.25, -0.2) is 4.98 Å². The summed E-state index contributed by atoms with van der Waals surface area (Å²) in [4.78, 5) is 17.7. The molecule has 31 heavy (non-hydrogen) atoms. The summed E-state index contributed by atoms with van der Waals surface area (Å²) in [5, 5.41) is 4.88. The average molecular weight is 438 g/mol. The van der Waals surface area contributed by atoms with Crippen LogP contribution in [0.25, 0.3) is 28.1 Å². The summed E-state index contributed by atoms with van der Waals surface area (Å²) in [6.45, 7) is 4.00. The van der Waals surface area contributed by atoms with Crippen molar-refractivity contribution in [1.82, 2.24) is 10.3 Å². The van der Waals surface area contributed by atoms with Crippen LogP contribution in [0.5, 0.6) is 0 Å². The number of rotatable bonds is 5. The fourth-order valence-corrected chi connectivity index (χ4v) is 3.97. The summed E-state index contributed by atoms with van der Waals surface area (Å²) < 4.78 is 41.9. The predicted molar refractivity (Wildman–Crippen MR) is 118 cm³/mol. The zero-order valence-corrected chi connectivity index (χ0v) is 17.1. The first kappa shape index (κ1) is 20.8. The Morgan fingerprint density at radius 3 is 2.48 bits per heavy atom. The molecule has 7 heteroatoms. The van der Waals surface area contributed by atoms with Gasteiger partial charge in [0.25, 0.3) is 5.91 Å². The highest BCUT2D eigenvalue weighted by atomic mass is 32.1. The van der Waals surface area contributed by atoms with Gasteiger partial charge in [0.1, 0.15) is 5.69 Å². The summed E-state index contributed by atoms with van der Waals surface area (Å²) in [5.41, 5.74) is 0.236. The summed E-state index contributed by atoms with van der Waals surface area (Å²) in [7, 11) is 0. The molecule has 0 bridgehead atoms. The molecular formula is C24H17F3N2OS. The number of fused-ring (bicyclic) bond motifs is 1. The van der Waals surface area contributed by atoms with E-state index in [4.69, 9.17) is 0 Å². The minimum Gasteiger partial charge on any atom is -0.346 e. The van der Waals surface area contributed by atoms with E-state index in [1.165, 1.54) is 23.5 Å². The molecule has 0 saturated carbocycles. The summed E-state index contributed by atoms with van der Waals surface area (Å²) in [6, 6.07) is 16.7. The standard InChI is InChI=1S/C24H17F3N2OS/c1-2-15-13-21(23(30)28-14-18-9-6-10-31-18)29-22-19(15)11-17(12-20(22)24(25,26)27)16-7-4-3-5-8-16/h2-13H,1,14H2,(H,28,30). The molecule has 0 aliphatic carbocycles. The molecule has 156 valence electrons. The second kappa shape index (κ2) is 8.35. The number of alkyl halides is 3. The maximum atomic E-state index is 14.0. The van der Waals surface area contributed by atoms with Gasteiger partial charge in [-0.05, 0) is 46.3 Å². The summed E-state index contributed by atoms with van der Waals surface area (Å²) in [5.74, 6) is -0.543. The minimum atomic E-state index is -4.64. The van der Waals surface area contributed by atoms with Crippen molar-refractivity contribution in [2.75, 3.05) is 0 Å². The van der Waals surface area contributed by atoms with Gasteiger partial charge in [-0.1, -0.05) is 49.1 Å². The molecular weight excluding hydrogens is 421 g/mol. The van der Waals surface area contributed by atoms with Gasteiger partial charge in [-0.3, -0.25) is 4.79 Å². The second-order valence-corrected chi connectivity index (χ2v) is 7.88. The zero-order chi connectivity index (χ0) is 22.0. The SMILES string of the molecule is C=Cc1cc(C(=O)NCc2cccs2)nc2c(C(F)(F)F)cc(-c3ccccc3)cc12. The first-order valence-corrected chi connectivity index (χ1v) is 10.3. The number of amides is 1. The van der Waals surface area contributed by atoms with Crippen molar-refractivity contribution in [2.45, 2.75) is 12.7 Å². The van der Waals surface area contributed by atoms with Crippen LogP contribution < -0.4 is 5.32 Å². The third kappa shape index (κ3) is 4.36. The fraction of sp³-hybridized carbons (Fsp3) is 0.0833. The normalized spacial score (nSPS) is 11.5. The lowest BCUT2D eigenvalue weighted by Gasteiger charge is -2.15. The van der Waals surface area contributed by atoms with E-state index in [-0.39, 0.29) is 17.8 Å². The molecule has 0 aliphatic rings. The van der Waals surface area contributed by atoms with E-state index < -0.39 is 17.6 Å². The number of benzene rings is 2. The Labute approximate surface area is 180 Å². The number of carbonyl (C=O) groups is 1. The Kier molecular flexibility index (Phi) is 5.61. The number of hydrogen-bond donors (Lipinski definition) is 1. The molecule has 3 nitrogen and oxygen atoms in total. The second-order valence-electron chi connectivity index (χ2n) is 6.85. The van der Waals surface area contributed by atoms with Gasteiger partial charge in [0.05, 0.1) is 17.6 Å². The molecule has 2 aromatic carbocycles. The van der Waals surface area contributed by atoms with Gasteiger partial charge in [-0.15, -0.1) is 11.3 Å². The number of aromatic nitrogens is 1. The lowest BCUT2D eigenvalue weighted by molar-refractivity contribution is -0.136. The fourth-order valence-electron chi connectivity index (χ4n) is 3.32. The molecule has 0 atom stereocenters. The van der Waals surface area contributed by atoms with Crippen molar-refractivity contribution in [1.29, 1.82) is 0 Å². The Bertz CT molecular complexity index is 1250. The number of nitrogens with zero attached hydrogens (tertiary/aromatic N) is 1. The van der Waals surface area contributed by atoms with Crippen molar-refractivity contribution in [3.8, 4) is 11.1 Å². The largest absolute Gasteiger partial charge is 0.418 e. The first-order valence-electron chi connectivity index (χ1n) is 9.41. The van der Waals surface area contributed by atoms with Crippen molar-refractivity contribution in [3.05, 3.63) is 94.3 Å². The van der Waals surface area contributed by atoms with Gasteiger partial charge in [-0.2, -0.15) is 13.2 Å². The van der Waals surface area contributed by atoms with Gasteiger partial charge in [0.15, 0.2) is 0 Å². The molecule has 4 rings (SSSR count). The third-order valence-corrected chi connectivity index (χ3v) is 5.69. The molecule has 0 aliphatic heterocycles. The van der Waals surface area contributed by atoms with Gasteiger partial charge in [0, 0.05) is 10.3 Å². The summed E-state index contributed by atoms with van der Waals surface area (Å²) in [6.07, 6.45) is -3.20. The molecule has 4 aromatic rings. The van der Waals surface area contributed by atoms with Crippen molar-refractivity contribution >= 4 is 34.2 Å². The highest BCUT2D eigenvalue weighted by Crippen LogP contribution is 2.38. The Morgan fingerprint density at radius 2 is 1.84 bits per heavy atom. The number of hydrogen-bond acceptors (Lipinski definition) is 3. The molecule has 1 amide bonds. The minimum absolute atomic E-state index is 0.0862. The highest BCUT2D eigenvalue weighted by molar-refractivity contribution is 7.09. The Hall–Kier alpha value is -3.45. The van der Waals surface area contributed by atoms with E-state index >= 15 is 0 Å². The van der Waals surface area contributed by atoms with E-state index in [0.29, 0.717) is 22.1 Å². The maximum absolute atomic E-state index is 14.0.